The van der Waals surface area contributed by atoms with Crippen molar-refractivity contribution in [3.63, 3.8) is 0 Å². The molecule has 5 heteroatoms. The van der Waals surface area contributed by atoms with Gasteiger partial charge in [-0.05, 0) is 50.4 Å². The van der Waals surface area contributed by atoms with Gasteiger partial charge in [0.2, 0.25) is 0 Å². The van der Waals surface area contributed by atoms with Crippen molar-refractivity contribution in [2.24, 2.45) is 0 Å². The molecule has 32 heavy (non-hydrogen) atoms. The van der Waals surface area contributed by atoms with E-state index in [4.69, 9.17) is 4.74 Å². The predicted octanol–water partition coefficient (Wildman–Crippen LogP) is 4.69. The van der Waals surface area contributed by atoms with Gasteiger partial charge in [-0.25, -0.2) is 0 Å². The molecule has 0 saturated heterocycles. The van der Waals surface area contributed by atoms with Crippen molar-refractivity contribution in [1.29, 1.82) is 0 Å². The van der Waals surface area contributed by atoms with E-state index in [1.54, 1.807) is 13.1 Å². The second-order valence-electron chi connectivity index (χ2n) is 8.46. The number of aryl methyl sites for hydroxylation is 1. The van der Waals surface area contributed by atoms with Crippen LogP contribution >= 0.6 is 0 Å². The first-order valence-corrected chi connectivity index (χ1v) is 11.3. The Hall–Kier alpha value is -2.89. The molecule has 2 N–H and O–H groups in total. The summed E-state index contributed by atoms with van der Waals surface area (Å²) in [5.74, 6) is -0.190. The molecule has 0 fully saturated rings. The fourth-order valence-electron chi connectivity index (χ4n) is 3.90. The van der Waals surface area contributed by atoms with E-state index < -0.39 is 5.60 Å². The molecule has 0 aliphatic carbocycles. The molecule has 0 spiro atoms. The second-order valence-corrected chi connectivity index (χ2v) is 8.46. The normalized spacial score (nSPS) is 19.1. The molecule has 1 heterocycles. The molecule has 0 saturated carbocycles. The average Bonchev–Trinajstić information content (AvgIpc) is 2.92. The molecule has 1 amide bonds. The van der Waals surface area contributed by atoms with Crippen LogP contribution in [0.25, 0.3) is 0 Å². The third kappa shape index (κ3) is 5.29. The standard InChI is InChI=1S/C27H35N3O2/c1-6-22-11-10-12-23(17-22)18-28-16-15-20(3)29-26(31)27(5)21(4)30(7-2)25-14-9-8-13-24(25)19-32-27/h7-14,17,20,28H,2,4,6,15-16,18-19H2,1,3,5H3,(H,29,31). The molecule has 170 valence electrons. The zero-order chi connectivity index (χ0) is 23.1. The molecule has 1 aliphatic rings. The second kappa shape index (κ2) is 10.6. The van der Waals surface area contributed by atoms with Crippen molar-refractivity contribution < 1.29 is 9.53 Å². The Morgan fingerprint density at radius 2 is 2.00 bits per heavy atom. The van der Waals surface area contributed by atoms with E-state index in [9.17, 15) is 4.79 Å². The minimum atomic E-state index is -1.19. The van der Waals surface area contributed by atoms with Crippen molar-refractivity contribution in [2.75, 3.05) is 11.4 Å². The molecule has 2 aromatic carbocycles. The number of hydrogen-bond acceptors (Lipinski definition) is 4. The van der Waals surface area contributed by atoms with Gasteiger partial charge in [0, 0.05) is 24.4 Å². The summed E-state index contributed by atoms with van der Waals surface area (Å²) in [5.41, 5.74) is 3.92. The van der Waals surface area contributed by atoms with Gasteiger partial charge in [0.25, 0.3) is 5.91 Å². The highest BCUT2D eigenvalue weighted by molar-refractivity contribution is 5.90. The lowest BCUT2D eigenvalue weighted by molar-refractivity contribution is -0.142. The number of nitrogens with zero attached hydrogens (tertiary/aromatic N) is 1. The zero-order valence-corrected chi connectivity index (χ0v) is 19.5. The number of amides is 1. The number of nitrogens with one attached hydrogen (secondary N) is 2. The van der Waals surface area contributed by atoms with E-state index >= 15 is 0 Å². The lowest BCUT2D eigenvalue weighted by Gasteiger charge is -2.34. The molecule has 0 radical (unpaired) electrons. The van der Waals surface area contributed by atoms with E-state index in [-0.39, 0.29) is 11.9 Å². The van der Waals surface area contributed by atoms with Crippen LogP contribution in [-0.4, -0.2) is 24.1 Å². The highest BCUT2D eigenvalue weighted by atomic mass is 16.5. The number of rotatable bonds is 9. The number of para-hydroxylation sites is 1. The van der Waals surface area contributed by atoms with Crippen molar-refractivity contribution in [3.05, 3.63) is 90.3 Å². The number of fused-ring (bicyclic) bond motifs is 1. The summed E-state index contributed by atoms with van der Waals surface area (Å²) in [5, 5.41) is 6.58. The number of anilines is 1. The number of benzene rings is 2. The third-order valence-electron chi connectivity index (χ3n) is 6.09. The summed E-state index contributed by atoms with van der Waals surface area (Å²) in [4.78, 5) is 15.1. The Bertz CT molecular complexity index is 971. The molecule has 2 aromatic rings. The van der Waals surface area contributed by atoms with Crippen molar-refractivity contribution in [2.45, 2.75) is 58.4 Å². The molecule has 0 aromatic heterocycles. The van der Waals surface area contributed by atoms with E-state index in [0.717, 1.165) is 37.2 Å². The lowest BCUT2D eigenvalue weighted by Crippen LogP contribution is -2.52. The molecule has 3 rings (SSSR count). The van der Waals surface area contributed by atoms with E-state index in [1.807, 2.05) is 36.1 Å². The molecule has 2 atom stereocenters. The molecule has 5 nitrogen and oxygen atoms in total. The Kier molecular flexibility index (Phi) is 7.89. The van der Waals surface area contributed by atoms with Crippen molar-refractivity contribution in [3.8, 4) is 0 Å². The summed E-state index contributed by atoms with van der Waals surface area (Å²) in [6.07, 6.45) is 3.53. The molecular formula is C27H35N3O2. The van der Waals surface area contributed by atoms with Crippen LogP contribution < -0.4 is 15.5 Å². The predicted molar refractivity (Wildman–Crippen MR) is 131 cm³/mol. The first-order chi connectivity index (χ1) is 15.4. The fourth-order valence-corrected chi connectivity index (χ4v) is 3.90. The highest BCUT2D eigenvalue weighted by Crippen LogP contribution is 2.36. The van der Waals surface area contributed by atoms with Gasteiger partial charge in [0.15, 0.2) is 5.60 Å². The van der Waals surface area contributed by atoms with Gasteiger partial charge in [-0.3, -0.25) is 4.79 Å². The number of carbonyl (C=O) groups is 1. The first kappa shape index (κ1) is 23.8. The van der Waals surface area contributed by atoms with Gasteiger partial charge in [0.05, 0.1) is 18.0 Å². The number of ether oxygens (including phenoxy) is 1. The van der Waals surface area contributed by atoms with Gasteiger partial charge in [-0.2, -0.15) is 0 Å². The molecule has 1 aliphatic heterocycles. The van der Waals surface area contributed by atoms with Crippen LogP contribution in [0.15, 0.2) is 73.6 Å². The molecular weight excluding hydrogens is 398 g/mol. The highest BCUT2D eigenvalue weighted by Gasteiger charge is 2.42. The first-order valence-electron chi connectivity index (χ1n) is 11.3. The maximum atomic E-state index is 13.3. The Morgan fingerprint density at radius 3 is 2.75 bits per heavy atom. The number of hydrogen-bond donors (Lipinski definition) is 2. The maximum Gasteiger partial charge on any atom is 0.258 e. The summed E-state index contributed by atoms with van der Waals surface area (Å²) in [7, 11) is 0. The van der Waals surface area contributed by atoms with Gasteiger partial charge in [0.1, 0.15) is 0 Å². The van der Waals surface area contributed by atoms with Gasteiger partial charge in [-0.15, -0.1) is 0 Å². The summed E-state index contributed by atoms with van der Waals surface area (Å²) in [6.45, 7) is 16.0. The minimum absolute atomic E-state index is 0.00647. The average molecular weight is 434 g/mol. The number of carbonyl (C=O) groups excluding carboxylic acids is 1. The van der Waals surface area contributed by atoms with E-state index in [0.29, 0.717) is 12.3 Å². The van der Waals surface area contributed by atoms with Crippen LogP contribution in [0.4, 0.5) is 5.69 Å². The van der Waals surface area contributed by atoms with Crippen LogP contribution in [0.3, 0.4) is 0 Å². The van der Waals surface area contributed by atoms with Crippen molar-refractivity contribution >= 4 is 11.6 Å². The van der Waals surface area contributed by atoms with E-state index in [1.165, 1.54) is 11.1 Å². The minimum Gasteiger partial charge on any atom is -0.354 e. The molecule has 2 unspecified atom stereocenters. The van der Waals surface area contributed by atoms with Crippen LogP contribution in [0.1, 0.15) is 43.9 Å². The van der Waals surface area contributed by atoms with E-state index in [2.05, 4.69) is 55.0 Å². The Labute approximate surface area is 192 Å². The lowest BCUT2D eigenvalue weighted by atomic mass is 9.99. The smallest absolute Gasteiger partial charge is 0.258 e. The Morgan fingerprint density at radius 1 is 1.25 bits per heavy atom. The molecule has 0 bridgehead atoms. The fraction of sp³-hybridized carbons (Fsp3) is 0.370. The summed E-state index contributed by atoms with van der Waals surface area (Å²) >= 11 is 0. The van der Waals surface area contributed by atoms with Crippen LogP contribution in [0.5, 0.6) is 0 Å². The van der Waals surface area contributed by atoms with Crippen molar-refractivity contribution in [1.82, 2.24) is 10.6 Å². The summed E-state index contributed by atoms with van der Waals surface area (Å²) in [6, 6.07) is 16.5. The third-order valence-corrected chi connectivity index (χ3v) is 6.09. The largest absolute Gasteiger partial charge is 0.354 e. The van der Waals surface area contributed by atoms with Gasteiger partial charge in [-0.1, -0.05) is 62.5 Å². The van der Waals surface area contributed by atoms with Gasteiger partial charge >= 0.3 is 0 Å². The monoisotopic (exact) mass is 433 g/mol. The van der Waals surface area contributed by atoms with Crippen LogP contribution in [0.2, 0.25) is 0 Å². The zero-order valence-electron chi connectivity index (χ0n) is 19.5. The summed E-state index contributed by atoms with van der Waals surface area (Å²) < 4.78 is 6.11. The van der Waals surface area contributed by atoms with Crippen LogP contribution in [0, 0.1) is 0 Å². The van der Waals surface area contributed by atoms with Gasteiger partial charge < -0.3 is 20.3 Å². The SMILES string of the molecule is C=CN1C(=C)C(C)(C(=O)NC(C)CCNCc2cccc(CC)c2)OCc2ccccc21. The Balaban J connectivity index is 1.56. The topological polar surface area (TPSA) is 53.6 Å². The quantitative estimate of drug-likeness (QED) is 0.564. The maximum absolute atomic E-state index is 13.3. The van der Waals surface area contributed by atoms with Crippen LogP contribution in [-0.2, 0) is 29.1 Å².